The van der Waals surface area contributed by atoms with Gasteiger partial charge in [0.25, 0.3) is 0 Å². The van der Waals surface area contributed by atoms with Crippen molar-refractivity contribution in [3.63, 3.8) is 0 Å². The molecular weight excluding hydrogens is 933 g/mol. The van der Waals surface area contributed by atoms with Crippen LogP contribution in [0.5, 0.6) is 0 Å². The van der Waals surface area contributed by atoms with Crippen molar-refractivity contribution in [2.45, 2.75) is 12.3 Å². The van der Waals surface area contributed by atoms with Gasteiger partial charge in [-0.3, -0.25) is 0 Å². The second kappa shape index (κ2) is 21.1. The molecule has 3 nitrogen and oxygen atoms in total. The smallest absolute Gasteiger partial charge is 0.248 e. The number of benzene rings is 11. The maximum atomic E-state index is 6.46. The van der Waals surface area contributed by atoms with Gasteiger partial charge in [-0.2, -0.15) is 0 Å². The molecule has 1 aliphatic carbocycles. The lowest BCUT2D eigenvalue weighted by Gasteiger charge is -2.24. The van der Waals surface area contributed by atoms with Crippen LogP contribution in [-0.4, -0.2) is 10.2 Å². The van der Waals surface area contributed by atoms with Gasteiger partial charge in [-0.15, -0.1) is 10.2 Å². The van der Waals surface area contributed by atoms with E-state index in [1.807, 2.05) is 0 Å². The Kier molecular flexibility index (Phi) is 12.8. The van der Waals surface area contributed by atoms with Crippen LogP contribution in [0, 0.1) is 0 Å². The third-order valence-corrected chi connectivity index (χ3v) is 14.9. The standard InChI is InChI=1S/C74H52N2O/c1-5-21-53(22-6-1)65-29-13-17-33-69(65)61-45-59(46-62(49-61)70-34-18-14-30-66(70)54-23-7-2-8-24-54)51-37-41-57(42-38-51)73-75-76-74(77-73)58-43-39-52(40-44-58)60-47-63(71-35-19-15-31-67(71)55-25-9-3-10-26-55)50-64(48-60)72-36-20-16-32-68(72)56-27-11-4-12-28-56/h1-31,33-50,68H,32H2. The summed E-state index contributed by atoms with van der Waals surface area (Å²) in [6.45, 7) is 0. The molecule has 0 radical (unpaired) electrons. The van der Waals surface area contributed by atoms with Crippen molar-refractivity contribution in [2.75, 3.05) is 0 Å². The van der Waals surface area contributed by atoms with Gasteiger partial charge in [0.05, 0.1) is 0 Å². The Morgan fingerprint density at radius 1 is 0.273 bits per heavy atom. The molecule has 1 unspecified atom stereocenters. The second-order valence-electron chi connectivity index (χ2n) is 19.6. The maximum Gasteiger partial charge on any atom is 0.248 e. The molecule has 0 saturated heterocycles. The number of hydrogen-bond donors (Lipinski definition) is 0. The molecule has 0 aliphatic heterocycles. The predicted octanol–water partition coefficient (Wildman–Crippen LogP) is 19.9. The van der Waals surface area contributed by atoms with Gasteiger partial charge in [-0.1, -0.05) is 237 Å². The normalized spacial score (nSPS) is 13.0. The molecule has 0 fully saturated rings. The average Bonchev–Trinajstić information content (AvgIpc) is 4.03. The Labute approximate surface area is 450 Å². The van der Waals surface area contributed by atoms with Crippen LogP contribution in [0.25, 0.3) is 117 Å². The minimum atomic E-state index is 0.250. The molecule has 364 valence electrons. The fraction of sp³-hybridized carbons (Fsp3) is 0.0270. The van der Waals surface area contributed by atoms with Gasteiger partial charge >= 0.3 is 0 Å². The summed E-state index contributed by atoms with van der Waals surface area (Å²) in [5.74, 6) is 1.19. The molecule has 77 heavy (non-hydrogen) atoms. The van der Waals surface area contributed by atoms with E-state index in [9.17, 15) is 0 Å². The van der Waals surface area contributed by atoms with Crippen molar-refractivity contribution in [1.82, 2.24) is 10.2 Å². The predicted molar refractivity (Wildman–Crippen MR) is 320 cm³/mol. The molecule has 1 heterocycles. The van der Waals surface area contributed by atoms with Crippen molar-refractivity contribution in [3.05, 3.63) is 308 Å². The quantitative estimate of drug-likeness (QED) is 0.122. The highest BCUT2D eigenvalue weighted by molar-refractivity contribution is 5.93. The zero-order chi connectivity index (χ0) is 51.3. The molecule has 0 amide bonds. The van der Waals surface area contributed by atoms with E-state index in [2.05, 4.69) is 307 Å². The average molecular weight is 985 g/mol. The Hall–Kier alpha value is -9.96. The molecule has 0 bridgehead atoms. The van der Waals surface area contributed by atoms with E-state index in [4.69, 9.17) is 4.42 Å². The third-order valence-electron chi connectivity index (χ3n) is 14.9. The molecule has 3 heteroatoms. The van der Waals surface area contributed by atoms with Crippen molar-refractivity contribution < 1.29 is 4.42 Å². The zero-order valence-electron chi connectivity index (χ0n) is 42.4. The molecule has 11 aromatic carbocycles. The highest BCUT2D eigenvalue weighted by atomic mass is 16.4. The highest BCUT2D eigenvalue weighted by Gasteiger charge is 2.22. The number of nitrogens with zero attached hydrogens (tertiary/aromatic N) is 2. The summed E-state index contributed by atoms with van der Waals surface area (Å²) < 4.78 is 6.46. The molecular formula is C74H52N2O. The van der Waals surface area contributed by atoms with E-state index < -0.39 is 0 Å². The lowest BCUT2D eigenvalue weighted by Crippen LogP contribution is -2.04. The fourth-order valence-electron chi connectivity index (χ4n) is 11.0. The lowest BCUT2D eigenvalue weighted by atomic mass is 9.80. The first kappa shape index (κ1) is 46.8. The largest absolute Gasteiger partial charge is 0.416 e. The summed E-state index contributed by atoms with van der Waals surface area (Å²) in [7, 11) is 0. The highest BCUT2D eigenvalue weighted by Crippen LogP contribution is 2.44. The minimum Gasteiger partial charge on any atom is -0.416 e. The molecule has 12 aromatic rings. The van der Waals surface area contributed by atoms with Crippen molar-refractivity contribution >= 4 is 5.57 Å². The Balaban J connectivity index is 0.827. The van der Waals surface area contributed by atoms with Crippen LogP contribution < -0.4 is 0 Å². The Morgan fingerprint density at radius 2 is 0.584 bits per heavy atom. The summed E-state index contributed by atoms with van der Waals surface area (Å²) >= 11 is 0. The van der Waals surface area contributed by atoms with E-state index in [0.29, 0.717) is 11.8 Å². The SMILES string of the molecule is C1=CCC(c2ccccc2)C(c2cc(-c3ccc(-c4nnc(-c5ccc(-c6cc(-c7ccccc7-c7ccccc7)cc(-c7ccccc7-c7ccccc7)c6)cc5)o4)cc3)cc(-c3ccccc3-c3ccccc3)c2)=C1. The Bertz CT molecular complexity index is 3980. The first-order valence-corrected chi connectivity index (χ1v) is 26.4. The van der Waals surface area contributed by atoms with Gasteiger partial charge in [0, 0.05) is 17.0 Å². The third kappa shape index (κ3) is 9.71. The topological polar surface area (TPSA) is 38.9 Å². The van der Waals surface area contributed by atoms with Gasteiger partial charge in [0.15, 0.2) is 0 Å². The van der Waals surface area contributed by atoms with Crippen LogP contribution in [0.4, 0.5) is 0 Å². The monoisotopic (exact) mass is 984 g/mol. The van der Waals surface area contributed by atoms with Gasteiger partial charge in [-0.25, -0.2) is 0 Å². The van der Waals surface area contributed by atoms with Crippen LogP contribution in [0.15, 0.2) is 302 Å². The molecule has 13 rings (SSSR count). The summed E-state index contributed by atoms with van der Waals surface area (Å²) in [5, 5.41) is 9.15. The molecule has 1 aromatic heterocycles. The Morgan fingerprint density at radius 3 is 0.987 bits per heavy atom. The first-order chi connectivity index (χ1) is 38.2. The maximum absolute atomic E-state index is 6.46. The van der Waals surface area contributed by atoms with Gasteiger partial charge < -0.3 is 4.42 Å². The number of rotatable bonds is 12. The molecule has 0 saturated carbocycles. The number of aromatic nitrogens is 2. The van der Waals surface area contributed by atoms with Crippen LogP contribution in [0.3, 0.4) is 0 Å². The molecule has 0 N–H and O–H groups in total. The molecule has 1 aliphatic rings. The summed E-state index contributed by atoms with van der Waals surface area (Å²) in [6, 6.07) is 100.0. The van der Waals surface area contributed by atoms with Gasteiger partial charge in [0.2, 0.25) is 11.8 Å². The van der Waals surface area contributed by atoms with Crippen LogP contribution in [-0.2, 0) is 0 Å². The van der Waals surface area contributed by atoms with E-state index >= 15 is 0 Å². The first-order valence-electron chi connectivity index (χ1n) is 26.4. The van der Waals surface area contributed by atoms with E-state index in [0.717, 1.165) is 50.9 Å². The second-order valence-corrected chi connectivity index (χ2v) is 19.6. The van der Waals surface area contributed by atoms with E-state index in [1.165, 1.54) is 72.3 Å². The molecule has 1 atom stereocenters. The summed E-state index contributed by atoms with van der Waals surface area (Å²) in [4.78, 5) is 0. The van der Waals surface area contributed by atoms with E-state index in [1.54, 1.807) is 0 Å². The summed E-state index contributed by atoms with van der Waals surface area (Å²) in [6.07, 6.45) is 7.73. The van der Waals surface area contributed by atoms with E-state index in [-0.39, 0.29) is 5.92 Å². The van der Waals surface area contributed by atoms with Gasteiger partial charge in [-0.05, 0) is 173 Å². The van der Waals surface area contributed by atoms with Crippen LogP contribution in [0.2, 0.25) is 0 Å². The molecule has 0 spiro atoms. The van der Waals surface area contributed by atoms with Crippen LogP contribution in [0.1, 0.15) is 23.5 Å². The number of hydrogen-bond acceptors (Lipinski definition) is 3. The zero-order valence-corrected chi connectivity index (χ0v) is 42.4. The van der Waals surface area contributed by atoms with Crippen LogP contribution >= 0.6 is 0 Å². The van der Waals surface area contributed by atoms with Crippen molar-refractivity contribution in [2.24, 2.45) is 0 Å². The minimum absolute atomic E-state index is 0.250. The summed E-state index contributed by atoms with van der Waals surface area (Å²) in [5.41, 5.74) is 24.2. The van der Waals surface area contributed by atoms with Crippen molar-refractivity contribution in [3.8, 4) is 112 Å². The fourth-order valence-corrected chi connectivity index (χ4v) is 11.0. The van der Waals surface area contributed by atoms with Crippen molar-refractivity contribution in [1.29, 1.82) is 0 Å². The van der Waals surface area contributed by atoms with Gasteiger partial charge in [0.1, 0.15) is 0 Å². The number of allylic oxidation sites excluding steroid dienone is 4. The lowest BCUT2D eigenvalue weighted by molar-refractivity contribution is 0.584.